The van der Waals surface area contributed by atoms with E-state index in [-0.39, 0.29) is 6.04 Å². The van der Waals surface area contributed by atoms with Crippen LogP contribution in [0.3, 0.4) is 0 Å². The average molecular weight is 355 g/mol. The van der Waals surface area contributed by atoms with Gasteiger partial charge in [0, 0.05) is 12.1 Å². The molecule has 1 aliphatic rings. The lowest BCUT2D eigenvalue weighted by Crippen LogP contribution is -2.31. The molecule has 0 aliphatic carbocycles. The first-order valence-corrected chi connectivity index (χ1v) is 9.34. The van der Waals surface area contributed by atoms with Gasteiger partial charge in [-0.15, -0.1) is 0 Å². The highest BCUT2D eigenvalue weighted by Gasteiger charge is 2.28. The van der Waals surface area contributed by atoms with Gasteiger partial charge < -0.3 is 19.5 Å². The Kier molecular flexibility index (Phi) is 5.72. The van der Waals surface area contributed by atoms with Crippen molar-refractivity contribution in [2.24, 2.45) is 0 Å². The van der Waals surface area contributed by atoms with Gasteiger partial charge in [0.15, 0.2) is 11.5 Å². The Morgan fingerprint density at radius 3 is 2.50 bits per heavy atom. The Balaban J connectivity index is 2.10. The van der Waals surface area contributed by atoms with Crippen LogP contribution in [-0.2, 0) is 6.42 Å². The van der Waals surface area contributed by atoms with E-state index in [1.165, 1.54) is 22.3 Å². The van der Waals surface area contributed by atoms with Crippen LogP contribution in [-0.4, -0.2) is 27.4 Å². The zero-order valence-electron chi connectivity index (χ0n) is 16.4. The molecule has 2 aromatic rings. The highest BCUT2D eigenvalue weighted by molar-refractivity contribution is 5.55. The summed E-state index contributed by atoms with van der Waals surface area (Å²) in [6, 6.07) is 10.8. The molecule has 0 fully saturated rings. The third-order valence-electron chi connectivity index (χ3n) is 5.02. The lowest BCUT2D eigenvalue weighted by atomic mass is 9.84. The van der Waals surface area contributed by atoms with Crippen molar-refractivity contribution >= 4 is 0 Å². The predicted octanol–water partition coefficient (Wildman–Crippen LogP) is 4.46. The van der Waals surface area contributed by atoms with Crippen molar-refractivity contribution < 1.29 is 14.2 Å². The molecular formula is C22H29NO3. The number of hydrogen-bond donors (Lipinski definition) is 1. The van der Waals surface area contributed by atoms with Crippen LogP contribution < -0.4 is 19.5 Å². The summed E-state index contributed by atoms with van der Waals surface area (Å²) in [6.07, 6.45) is 0.931. The molecule has 1 unspecified atom stereocenters. The van der Waals surface area contributed by atoms with Gasteiger partial charge in [0.1, 0.15) is 5.75 Å². The van der Waals surface area contributed by atoms with Crippen LogP contribution in [0.2, 0.25) is 0 Å². The predicted molar refractivity (Wildman–Crippen MR) is 105 cm³/mol. The first kappa shape index (κ1) is 18.6. The second-order valence-electron chi connectivity index (χ2n) is 6.88. The minimum absolute atomic E-state index is 0.145. The van der Waals surface area contributed by atoms with Gasteiger partial charge in [-0.1, -0.05) is 26.0 Å². The Morgan fingerprint density at radius 1 is 1.08 bits per heavy atom. The molecule has 3 rings (SSSR count). The van der Waals surface area contributed by atoms with Gasteiger partial charge in [-0.3, -0.25) is 0 Å². The van der Waals surface area contributed by atoms with Gasteiger partial charge >= 0.3 is 0 Å². The second-order valence-corrected chi connectivity index (χ2v) is 6.88. The molecule has 0 aromatic heterocycles. The van der Waals surface area contributed by atoms with Crippen molar-refractivity contribution in [2.75, 3.05) is 27.4 Å². The van der Waals surface area contributed by atoms with Crippen LogP contribution in [0.25, 0.3) is 0 Å². The number of fused-ring (bicyclic) bond motifs is 1. The normalized spacial score (nSPS) is 16.3. The molecule has 1 atom stereocenters. The zero-order chi connectivity index (χ0) is 18.7. The molecule has 1 N–H and O–H groups in total. The Hall–Kier alpha value is -2.20. The lowest BCUT2D eigenvalue weighted by Gasteiger charge is -2.31. The summed E-state index contributed by atoms with van der Waals surface area (Å²) >= 11 is 0. The summed E-state index contributed by atoms with van der Waals surface area (Å²) in [6.45, 7) is 8.06. The molecule has 0 spiro atoms. The average Bonchev–Trinajstić information content (AvgIpc) is 2.66. The van der Waals surface area contributed by atoms with E-state index in [2.05, 4.69) is 43.4 Å². The van der Waals surface area contributed by atoms with E-state index in [0.29, 0.717) is 12.5 Å². The van der Waals surface area contributed by atoms with Crippen molar-refractivity contribution in [2.45, 2.75) is 39.2 Å². The molecule has 26 heavy (non-hydrogen) atoms. The minimum atomic E-state index is 0.145. The fraction of sp³-hybridized carbons (Fsp3) is 0.455. The lowest BCUT2D eigenvalue weighted by molar-refractivity contribution is 0.339. The van der Waals surface area contributed by atoms with E-state index in [4.69, 9.17) is 14.2 Å². The molecule has 4 heteroatoms. The number of ether oxygens (including phenoxy) is 3. The van der Waals surface area contributed by atoms with E-state index in [1.54, 1.807) is 14.2 Å². The third kappa shape index (κ3) is 3.38. The van der Waals surface area contributed by atoms with E-state index >= 15 is 0 Å². The molecule has 0 bridgehead atoms. The number of rotatable bonds is 6. The summed E-state index contributed by atoms with van der Waals surface area (Å²) in [5, 5.41) is 3.69. The van der Waals surface area contributed by atoms with E-state index in [0.717, 1.165) is 30.2 Å². The molecule has 140 valence electrons. The van der Waals surface area contributed by atoms with Gasteiger partial charge in [-0.05, 0) is 54.2 Å². The number of methoxy groups -OCH3 is 2. The summed E-state index contributed by atoms with van der Waals surface area (Å²) in [5.41, 5.74) is 5.12. The number of benzene rings is 2. The summed E-state index contributed by atoms with van der Waals surface area (Å²) < 4.78 is 16.9. The van der Waals surface area contributed by atoms with Gasteiger partial charge in [-0.2, -0.15) is 0 Å². The molecule has 0 radical (unpaired) electrons. The first-order chi connectivity index (χ1) is 12.6. The molecular weight excluding hydrogens is 326 g/mol. The number of nitrogens with one attached hydrogen (secondary N) is 1. The van der Waals surface area contributed by atoms with E-state index in [1.807, 2.05) is 13.0 Å². The Bertz CT molecular complexity index is 770. The van der Waals surface area contributed by atoms with Crippen molar-refractivity contribution in [3.8, 4) is 17.2 Å². The maximum atomic E-state index is 5.72. The zero-order valence-corrected chi connectivity index (χ0v) is 16.4. The minimum Gasteiger partial charge on any atom is -0.494 e. The largest absolute Gasteiger partial charge is 0.494 e. The fourth-order valence-corrected chi connectivity index (χ4v) is 3.84. The maximum absolute atomic E-state index is 5.72. The quantitative estimate of drug-likeness (QED) is 0.830. The molecule has 0 amide bonds. The molecule has 2 aromatic carbocycles. The van der Waals surface area contributed by atoms with Crippen molar-refractivity contribution in [1.82, 2.24) is 5.32 Å². The van der Waals surface area contributed by atoms with Crippen LogP contribution >= 0.6 is 0 Å². The molecule has 1 aliphatic heterocycles. The van der Waals surface area contributed by atoms with Gasteiger partial charge in [0.2, 0.25) is 0 Å². The Labute approximate surface area is 156 Å². The van der Waals surface area contributed by atoms with Crippen LogP contribution in [0, 0.1) is 0 Å². The summed E-state index contributed by atoms with van der Waals surface area (Å²) in [7, 11) is 3.40. The summed E-state index contributed by atoms with van der Waals surface area (Å²) in [4.78, 5) is 0. The first-order valence-electron chi connectivity index (χ1n) is 9.34. The SMILES string of the molecule is CCOc1ccc(C2NCCc3c2ccc(OC)c3OC)c(C(C)C)c1. The fourth-order valence-electron chi connectivity index (χ4n) is 3.84. The second kappa shape index (κ2) is 8.00. The third-order valence-corrected chi connectivity index (χ3v) is 5.02. The van der Waals surface area contributed by atoms with E-state index in [9.17, 15) is 0 Å². The van der Waals surface area contributed by atoms with Crippen LogP contribution in [0.4, 0.5) is 0 Å². The standard InChI is InChI=1S/C22H29NO3/c1-6-26-15-7-8-17(19(13-15)14(2)3)21-16-9-10-20(24-4)22(25-5)18(16)11-12-23-21/h7-10,13-14,21,23H,6,11-12H2,1-5H3. The van der Waals surface area contributed by atoms with Gasteiger partial charge in [0.25, 0.3) is 0 Å². The van der Waals surface area contributed by atoms with Crippen molar-refractivity contribution in [3.63, 3.8) is 0 Å². The summed E-state index contributed by atoms with van der Waals surface area (Å²) in [5.74, 6) is 3.00. The molecule has 4 nitrogen and oxygen atoms in total. The van der Waals surface area contributed by atoms with Gasteiger partial charge in [0.05, 0.1) is 26.9 Å². The molecule has 1 heterocycles. The van der Waals surface area contributed by atoms with Crippen molar-refractivity contribution in [1.29, 1.82) is 0 Å². The van der Waals surface area contributed by atoms with Crippen molar-refractivity contribution in [3.05, 3.63) is 52.6 Å². The Morgan fingerprint density at radius 2 is 1.85 bits per heavy atom. The maximum Gasteiger partial charge on any atom is 0.164 e. The highest BCUT2D eigenvalue weighted by Crippen LogP contribution is 2.41. The molecule has 0 saturated carbocycles. The highest BCUT2D eigenvalue weighted by atomic mass is 16.5. The van der Waals surface area contributed by atoms with E-state index < -0.39 is 0 Å². The topological polar surface area (TPSA) is 39.7 Å². The van der Waals surface area contributed by atoms with Crippen LogP contribution in [0.1, 0.15) is 55.0 Å². The monoisotopic (exact) mass is 355 g/mol. The smallest absolute Gasteiger partial charge is 0.164 e. The van der Waals surface area contributed by atoms with Crippen LogP contribution in [0.5, 0.6) is 17.2 Å². The van der Waals surface area contributed by atoms with Gasteiger partial charge in [-0.25, -0.2) is 0 Å². The van der Waals surface area contributed by atoms with Crippen LogP contribution in [0.15, 0.2) is 30.3 Å². The number of hydrogen-bond acceptors (Lipinski definition) is 4. The molecule has 0 saturated heterocycles.